The molecule has 0 spiro atoms. The highest BCUT2D eigenvalue weighted by Crippen LogP contribution is 2.25. The Morgan fingerprint density at radius 3 is 2.94 bits per heavy atom. The Kier molecular flexibility index (Phi) is 4.19. The Hall–Kier alpha value is -1.56. The number of methoxy groups -OCH3 is 1. The van der Waals surface area contributed by atoms with Gasteiger partial charge in [-0.15, -0.1) is 0 Å². The third-order valence-electron chi connectivity index (χ3n) is 2.74. The number of aliphatic imine (C=N–C) groups is 1. The monoisotopic (exact) mass is 311 g/mol. The van der Waals surface area contributed by atoms with E-state index in [0.29, 0.717) is 18.4 Å². The van der Waals surface area contributed by atoms with E-state index in [2.05, 4.69) is 42.4 Å². The van der Waals surface area contributed by atoms with Gasteiger partial charge < -0.3 is 10.1 Å². The van der Waals surface area contributed by atoms with Crippen molar-refractivity contribution in [2.45, 2.75) is 5.92 Å². The molecule has 1 unspecified atom stereocenters. The quantitative estimate of drug-likeness (QED) is 0.832. The molecule has 1 amide bonds. The van der Waals surface area contributed by atoms with Gasteiger partial charge in [0.2, 0.25) is 5.96 Å². The predicted octanol–water partition coefficient (Wildman–Crippen LogP) is 1.85. The standard InChI is InChI=1S/C12H14BrN3O2/c1-18-12(17)16-11-14-6-8(7-15-11)9-4-2-3-5-10(9)13/h2-5,8H,6-7H2,1H3,(H2,14,15,16,17). The van der Waals surface area contributed by atoms with Crippen LogP contribution in [0.15, 0.2) is 33.7 Å². The van der Waals surface area contributed by atoms with Crippen LogP contribution in [0, 0.1) is 0 Å². The largest absolute Gasteiger partial charge is 0.453 e. The first-order valence-electron chi connectivity index (χ1n) is 5.58. The molecule has 2 N–H and O–H groups in total. The maximum atomic E-state index is 11.0. The van der Waals surface area contributed by atoms with Gasteiger partial charge in [-0.2, -0.15) is 0 Å². The minimum atomic E-state index is -0.513. The molecule has 5 nitrogen and oxygen atoms in total. The molecular weight excluding hydrogens is 298 g/mol. The van der Waals surface area contributed by atoms with E-state index in [-0.39, 0.29) is 0 Å². The van der Waals surface area contributed by atoms with E-state index in [4.69, 9.17) is 0 Å². The lowest BCUT2D eigenvalue weighted by Gasteiger charge is -2.23. The molecule has 1 aliphatic rings. The highest BCUT2D eigenvalue weighted by molar-refractivity contribution is 9.10. The smallest absolute Gasteiger partial charge is 0.413 e. The van der Waals surface area contributed by atoms with Crippen LogP contribution < -0.4 is 10.6 Å². The molecule has 0 saturated carbocycles. The fourth-order valence-electron chi connectivity index (χ4n) is 1.79. The molecule has 6 heteroatoms. The fourth-order valence-corrected chi connectivity index (χ4v) is 2.40. The number of nitrogens with zero attached hydrogens (tertiary/aromatic N) is 1. The summed E-state index contributed by atoms with van der Waals surface area (Å²) < 4.78 is 5.59. The summed E-state index contributed by atoms with van der Waals surface area (Å²) in [5.41, 5.74) is 1.21. The van der Waals surface area contributed by atoms with Crippen LogP contribution in [0.5, 0.6) is 0 Å². The van der Waals surface area contributed by atoms with Gasteiger partial charge in [0.25, 0.3) is 0 Å². The van der Waals surface area contributed by atoms with Gasteiger partial charge in [0, 0.05) is 16.9 Å². The Morgan fingerprint density at radius 2 is 2.33 bits per heavy atom. The van der Waals surface area contributed by atoms with Gasteiger partial charge >= 0.3 is 6.09 Å². The zero-order chi connectivity index (χ0) is 13.0. The van der Waals surface area contributed by atoms with E-state index >= 15 is 0 Å². The minimum absolute atomic E-state index is 0.295. The lowest BCUT2D eigenvalue weighted by Crippen LogP contribution is -2.45. The zero-order valence-electron chi connectivity index (χ0n) is 9.94. The average Bonchev–Trinajstić information content (AvgIpc) is 2.40. The van der Waals surface area contributed by atoms with Gasteiger partial charge in [0.1, 0.15) is 0 Å². The number of carbonyl (C=O) groups excluding carboxylic acids is 1. The molecule has 0 bridgehead atoms. The lowest BCUT2D eigenvalue weighted by atomic mass is 9.98. The predicted molar refractivity (Wildman–Crippen MR) is 72.7 cm³/mol. The third kappa shape index (κ3) is 3.01. The first kappa shape index (κ1) is 12.9. The van der Waals surface area contributed by atoms with Crippen molar-refractivity contribution in [2.75, 3.05) is 20.2 Å². The summed E-state index contributed by atoms with van der Waals surface area (Å²) in [4.78, 5) is 15.3. The van der Waals surface area contributed by atoms with Crippen LogP contribution in [-0.4, -0.2) is 32.3 Å². The van der Waals surface area contributed by atoms with Crippen molar-refractivity contribution in [3.63, 3.8) is 0 Å². The zero-order valence-corrected chi connectivity index (χ0v) is 11.5. The second kappa shape index (κ2) is 5.86. The number of ether oxygens (including phenoxy) is 1. The Morgan fingerprint density at radius 1 is 1.56 bits per heavy atom. The molecule has 2 rings (SSSR count). The van der Waals surface area contributed by atoms with E-state index in [0.717, 1.165) is 11.0 Å². The van der Waals surface area contributed by atoms with Crippen LogP contribution in [0.1, 0.15) is 11.5 Å². The molecule has 96 valence electrons. The second-order valence-corrected chi connectivity index (χ2v) is 4.76. The number of halogens is 1. The van der Waals surface area contributed by atoms with Crippen molar-refractivity contribution in [1.29, 1.82) is 0 Å². The molecule has 18 heavy (non-hydrogen) atoms. The number of hydrogen-bond acceptors (Lipinski definition) is 4. The molecule has 0 fully saturated rings. The van der Waals surface area contributed by atoms with Crippen LogP contribution in [0.4, 0.5) is 4.79 Å². The molecule has 1 aliphatic heterocycles. The summed E-state index contributed by atoms with van der Waals surface area (Å²) in [5.74, 6) is 0.758. The van der Waals surface area contributed by atoms with Crippen LogP contribution in [-0.2, 0) is 4.74 Å². The minimum Gasteiger partial charge on any atom is -0.453 e. The highest BCUT2D eigenvalue weighted by atomic mass is 79.9. The lowest BCUT2D eigenvalue weighted by molar-refractivity contribution is 0.176. The van der Waals surface area contributed by atoms with E-state index in [9.17, 15) is 4.79 Å². The van der Waals surface area contributed by atoms with Gasteiger partial charge in [-0.25, -0.2) is 4.79 Å². The number of nitrogens with one attached hydrogen (secondary N) is 2. The number of benzene rings is 1. The summed E-state index contributed by atoms with van der Waals surface area (Å²) in [6, 6.07) is 8.08. The highest BCUT2D eigenvalue weighted by Gasteiger charge is 2.19. The van der Waals surface area contributed by atoms with Crippen LogP contribution >= 0.6 is 15.9 Å². The molecule has 1 heterocycles. The Labute approximate surface area is 114 Å². The molecule has 0 radical (unpaired) electrons. The molecule has 1 atom stereocenters. The SMILES string of the molecule is COC(=O)NC1=NCC(c2ccccc2Br)CN1. The molecule has 0 saturated heterocycles. The summed E-state index contributed by atoms with van der Waals surface area (Å²) in [6.45, 7) is 1.36. The fraction of sp³-hybridized carbons (Fsp3) is 0.333. The van der Waals surface area contributed by atoms with E-state index < -0.39 is 6.09 Å². The van der Waals surface area contributed by atoms with E-state index in [1.165, 1.54) is 12.7 Å². The maximum Gasteiger partial charge on any atom is 0.413 e. The van der Waals surface area contributed by atoms with Crippen LogP contribution in [0.25, 0.3) is 0 Å². The number of alkyl carbamates (subject to hydrolysis) is 1. The molecule has 0 aromatic heterocycles. The summed E-state index contributed by atoms with van der Waals surface area (Å²) >= 11 is 3.53. The van der Waals surface area contributed by atoms with Crippen molar-refractivity contribution in [1.82, 2.24) is 10.6 Å². The van der Waals surface area contributed by atoms with Gasteiger partial charge in [-0.05, 0) is 11.6 Å². The Bertz CT molecular complexity index is 476. The number of rotatable bonds is 1. The first-order valence-corrected chi connectivity index (χ1v) is 6.37. The van der Waals surface area contributed by atoms with Gasteiger partial charge in [0.05, 0.1) is 13.7 Å². The van der Waals surface area contributed by atoms with Gasteiger partial charge in [-0.3, -0.25) is 10.3 Å². The first-order chi connectivity index (χ1) is 8.70. The van der Waals surface area contributed by atoms with E-state index in [1.54, 1.807) is 0 Å². The molecule has 0 aliphatic carbocycles. The summed E-state index contributed by atoms with van der Waals surface area (Å²) in [5, 5.41) is 5.60. The van der Waals surface area contributed by atoms with Crippen molar-refractivity contribution in [3.8, 4) is 0 Å². The van der Waals surface area contributed by atoms with Crippen molar-refractivity contribution in [3.05, 3.63) is 34.3 Å². The number of hydrogen-bond donors (Lipinski definition) is 2. The normalized spacial score (nSPS) is 18.6. The third-order valence-corrected chi connectivity index (χ3v) is 3.46. The van der Waals surface area contributed by atoms with E-state index in [1.807, 2.05) is 18.2 Å². The van der Waals surface area contributed by atoms with Crippen LogP contribution in [0.3, 0.4) is 0 Å². The second-order valence-electron chi connectivity index (χ2n) is 3.91. The average molecular weight is 312 g/mol. The maximum absolute atomic E-state index is 11.0. The number of guanidine groups is 1. The van der Waals surface area contributed by atoms with Crippen molar-refractivity contribution < 1.29 is 9.53 Å². The molecular formula is C12H14BrN3O2. The molecule has 1 aromatic carbocycles. The number of amides is 1. The topological polar surface area (TPSA) is 62.7 Å². The molecule has 1 aromatic rings. The van der Waals surface area contributed by atoms with Gasteiger partial charge in [-0.1, -0.05) is 34.1 Å². The van der Waals surface area contributed by atoms with Crippen LogP contribution in [0.2, 0.25) is 0 Å². The van der Waals surface area contributed by atoms with Crippen molar-refractivity contribution in [2.24, 2.45) is 4.99 Å². The van der Waals surface area contributed by atoms with Gasteiger partial charge in [0.15, 0.2) is 0 Å². The summed E-state index contributed by atoms with van der Waals surface area (Å²) in [7, 11) is 1.32. The van der Waals surface area contributed by atoms with Crippen molar-refractivity contribution >= 4 is 28.0 Å². The summed E-state index contributed by atoms with van der Waals surface area (Å²) in [6.07, 6.45) is -0.513. The Balaban J connectivity index is 2.02. The number of carbonyl (C=O) groups is 1.